The van der Waals surface area contributed by atoms with E-state index in [1.54, 1.807) is 11.8 Å². The first-order valence-electron chi connectivity index (χ1n) is 7.88. The summed E-state index contributed by atoms with van der Waals surface area (Å²) in [6.07, 6.45) is 3.28. The number of urea groups is 1. The van der Waals surface area contributed by atoms with Gasteiger partial charge in [0.1, 0.15) is 0 Å². The summed E-state index contributed by atoms with van der Waals surface area (Å²) >= 11 is 1.80. The summed E-state index contributed by atoms with van der Waals surface area (Å²) in [6.45, 7) is 6.52. The zero-order valence-electron chi connectivity index (χ0n) is 13.6. The van der Waals surface area contributed by atoms with Crippen molar-refractivity contribution in [2.75, 3.05) is 5.32 Å². The fourth-order valence-electron chi connectivity index (χ4n) is 2.58. The highest BCUT2D eigenvalue weighted by molar-refractivity contribution is 8.00. The topological polar surface area (TPSA) is 61.4 Å². The zero-order valence-corrected chi connectivity index (χ0v) is 14.4. The number of carbonyl (C=O) groups is 1. The summed E-state index contributed by atoms with van der Waals surface area (Å²) in [5.74, 6) is 0. The Kier molecular flexibility index (Phi) is 5.75. The molecular weight excluding hydrogens is 296 g/mol. The molecule has 1 fully saturated rings. The van der Waals surface area contributed by atoms with E-state index in [1.165, 1.54) is 4.90 Å². The maximum absolute atomic E-state index is 12.0. The van der Waals surface area contributed by atoms with Crippen molar-refractivity contribution in [2.24, 2.45) is 0 Å². The first kappa shape index (κ1) is 17.2. The van der Waals surface area contributed by atoms with E-state index in [2.05, 4.69) is 31.4 Å². The molecule has 0 aromatic heterocycles. The smallest absolute Gasteiger partial charge is 0.319 e. The highest BCUT2D eigenvalue weighted by Gasteiger charge is 2.24. The van der Waals surface area contributed by atoms with E-state index >= 15 is 0 Å². The molecule has 2 unspecified atom stereocenters. The number of anilines is 1. The molecule has 122 valence electrons. The van der Waals surface area contributed by atoms with Gasteiger partial charge in [-0.25, -0.2) is 4.79 Å². The molecule has 0 saturated heterocycles. The third kappa shape index (κ3) is 5.54. The summed E-state index contributed by atoms with van der Waals surface area (Å²) in [5.41, 5.74) is 0.765. The van der Waals surface area contributed by atoms with Crippen LogP contribution in [-0.4, -0.2) is 28.0 Å². The second-order valence-corrected chi connectivity index (χ2v) is 8.70. The van der Waals surface area contributed by atoms with E-state index in [0.717, 1.165) is 31.4 Å². The average molecular weight is 322 g/mol. The van der Waals surface area contributed by atoms with Gasteiger partial charge in [-0.15, -0.1) is 11.8 Å². The highest BCUT2D eigenvalue weighted by Crippen LogP contribution is 2.32. The van der Waals surface area contributed by atoms with E-state index in [-0.39, 0.29) is 16.8 Å². The van der Waals surface area contributed by atoms with Crippen molar-refractivity contribution in [3.05, 3.63) is 24.3 Å². The molecule has 22 heavy (non-hydrogen) atoms. The Morgan fingerprint density at radius 3 is 2.41 bits per heavy atom. The lowest BCUT2D eigenvalue weighted by atomic mass is 9.93. The van der Waals surface area contributed by atoms with Crippen molar-refractivity contribution in [1.29, 1.82) is 0 Å². The largest absolute Gasteiger partial charge is 0.391 e. The van der Waals surface area contributed by atoms with Crippen LogP contribution in [0.2, 0.25) is 0 Å². The molecule has 2 amide bonds. The first-order chi connectivity index (χ1) is 10.3. The molecule has 0 aliphatic heterocycles. The third-order valence-electron chi connectivity index (χ3n) is 3.58. The molecular formula is C17H26N2O2S. The fraction of sp³-hybridized carbons (Fsp3) is 0.588. The van der Waals surface area contributed by atoms with Crippen molar-refractivity contribution < 1.29 is 9.90 Å². The third-order valence-corrected chi connectivity index (χ3v) is 4.70. The number of benzene rings is 1. The van der Waals surface area contributed by atoms with Gasteiger partial charge in [-0.05, 0) is 37.1 Å². The molecule has 0 bridgehead atoms. The molecule has 2 rings (SSSR count). The molecule has 0 heterocycles. The van der Waals surface area contributed by atoms with Crippen LogP contribution in [0.5, 0.6) is 0 Å². The molecule has 1 aliphatic carbocycles. The number of aliphatic hydroxyl groups is 1. The number of hydrogen-bond acceptors (Lipinski definition) is 3. The Morgan fingerprint density at radius 2 is 1.82 bits per heavy atom. The van der Waals surface area contributed by atoms with E-state index in [0.29, 0.717) is 0 Å². The van der Waals surface area contributed by atoms with Crippen molar-refractivity contribution in [1.82, 2.24) is 5.32 Å². The zero-order chi connectivity index (χ0) is 16.2. The number of amides is 2. The molecule has 0 spiro atoms. The molecule has 0 radical (unpaired) electrons. The lowest BCUT2D eigenvalue weighted by Crippen LogP contribution is -2.46. The molecule has 1 aromatic rings. The molecule has 1 aromatic carbocycles. The quantitative estimate of drug-likeness (QED) is 0.737. The number of aliphatic hydroxyl groups excluding tert-OH is 1. The van der Waals surface area contributed by atoms with Crippen molar-refractivity contribution in [3.63, 3.8) is 0 Å². The van der Waals surface area contributed by atoms with Crippen molar-refractivity contribution in [2.45, 2.75) is 68.2 Å². The van der Waals surface area contributed by atoms with Crippen LogP contribution < -0.4 is 10.6 Å². The standard InChI is InChI=1S/C17H26N2O2S/c1-17(2,3)22-13-10-8-12(9-11-13)18-16(21)19-14-6-4-5-7-15(14)20/h8-11,14-15,20H,4-7H2,1-3H3,(H2,18,19,21). The van der Waals surface area contributed by atoms with Crippen LogP contribution in [0.4, 0.5) is 10.5 Å². The lowest BCUT2D eigenvalue weighted by molar-refractivity contribution is 0.0955. The number of nitrogens with one attached hydrogen (secondary N) is 2. The van der Waals surface area contributed by atoms with Crippen LogP contribution in [0.25, 0.3) is 0 Å². The van der Waals surface area contributed by atoms with Gasteiger partial charge in [-0.2, -0.15) is 0 Å². The van der Waals surface area contributed by atoms with Gasteiger partial charge in [0.05, 0.1) is 12.1 Å². The van der Waals surface area contributed by atoms with Crippen molar-refractivity contribution >= 4 is 23.5 Å². The molecule has 3 N–H and O–H groups in total. The SMILES string of the molecule is CC(C)(C)Sc1ccc(NC(=O)NC2CCCCC2O)cc1. The normalized spacial score (nSPS) is 22.2. The Hall–Kier alpha value is -1.20. The number of hydrogen-bond donors (Lipinski definition) is 3. The Balaban J connectivity index is 1.86. The van der Waals surface area contributed by atoms with Gasteiger partial charge >= 0.3 is 6.03 Å². The summed E-state index contributed by atoms with van der Waals surface area (Å²) < 4.78 is 0.170. The summed E-state index contributed by atoms with van der Waals surface area (Å²) in [4.78, 5) is 13.2. The van der Waals surface area contributed by atoms with Crippen molar-refractivity contribution in [3.8, 4) is 0 Å². The van der Waals surface area contributed by atoms with Gasteiger partial charge in [0.2, 0.25) is 0 Å². The average Bonchev–Trinajstić information content (AvgIpc) is 2.42. The summed E-state index contributed by atoms with van der Waals surface area (Å²) in [7, 11) is 0. The maximum atomic E-state index is 12.0. The molecule has 5 heteroatoms. The van der Waals surface area contributed by atoms with Crippen LogP contribution in [0, 0.1) is 0 Å². The van der Waals surface area contributed by atoms with Crippen LogP contribution in [0.1, 0.15) is 46.5 Å². The van der Waals surface area contributed by atoms with E-state index in [9.17, 15) is 9.90 Å². The maximum Gasteiger partial charge on any atom is 0.319 e. The number of thioether (sulfide) groups is 1. The van der Waals surface area contributed by atoms with E-state index in [4.69, 9.17) is 0 Å². The van der Waals surface area contributed by atoms with Gasteiger partial charge in [0.15, 0.2) is 0 Å². The Morgan fingerprint density at radius 1 is 1.18 bits per heavy atom. The van der Waals surface area contributed by atoms with Crippen LogP contribution in [-0.2, 0) is 0 Å². The van der Waals surface area contributed by atoms with Gasteiger partial charge in [0, 0.05) is 15.3 Å². The van der Waals surface area contributed by atoms with Crippen LogP contribution in [0.15, 0.2) is 29.2 Å². The van der Waals surface area contributed by atoms with Gasteiger partial charge in [0.25, 0.3) is 0 Å². The van der Waals surface area contributed by atoms with Gasteiger partial charge < -0.3 is 15.7 Å². The monoisotopic (exact) mass is 322 g/mol. The predicted molar refractivity (Wildman–Crippen MR) is 92.5 cm³/mol. The van der Waals surface area contributed by atoms with E-state index < -0.39 is 6.10 Å². The predicted octanol–water partition coefficient (Wildman–Crippen LogP) is 4.00. The van der Waals surface area contributed by atoms with E-state index in [1.807, 2.05) is 24.3 Å². The van der Waals surface area contributed by atoms with Gasteiger partial charge in [-0.3, -0.25) is 0 Å². The Bertz CT molecular complexity index is 496. The fourth-order valence-corrected chi connectivity index (χ4v) is 3.55. The molecule has 1 saturated carbocycles. The van der Waals surface area contributed by atoms with Crippen LogP contribution in [0.3, 0.4) is 0 Å². The van der Waals surface area contributed by atoms with Crippen LogP contribution >= 0.6 is 11.8 Å². The second-order valence-electron chi connectivity index (χ2n) is 6.80. The highest BCUT2D eigenvalue weighted by atomic mass is 32.2. The van der Waals surface area contributed by atoms with Gasteiger partial charge in [-0.1, -0.05) is 33.6 Å². The minimum atomic E-state index is -0.426. The summed E-state index contributed by atoms with van der Waals surface area (Å²) in [5, 5.41) is 15.6. The lowest BCUT2D eigenvalue weighted by Gasteiger charge is -2.28. The molecule has 1 aliphatic rings. The minimum Gasteiger partial charge on any atom is -0.391 e. The summed E-state index contributed by atoms with van der Waals surface area (Å²) in [6, 6.07) is 7.46. The molecule has 4 nitrogen and oxygen atoms in total. The second kappa shape index (κ2) is 7.38. The minimum absolute atomic E-state index is 0.135. The Labute approximate surface area is 137 Å². The molecule has 2 atom stereocenters. The number of rotatable bonds is 3. The first-order valence-corrected chi connectivity index (χ1v) is 8.70. The number of carbonyl (C=O) groups excluding carboxylic acids is 1.